The van der Waals surface area contributed by atoms with Crippen LogP contribution >= 0.6 is 31.9 Å². The summed E-state index contributed by atoms with van der Waals surface area (Å²) in [5.74, 6) is -0.0384. The van der Waals surface area contributed by atoms with Crippen LogP contribution in [-0.4, -0.2) is 96.2 Å². The predicted octanol–water partition coefficient (Wildman–Crippen LogP) is 8.20. The number of carbonyl (C=O) groups is 2. The van der Waals surface area contributed by atoms with Gasteiger partial charge >= 0.3 is 24.5 Å². The van der Waals surface area contributed by atoms with Crippen molar-refractivity contribution in [3.63, 3.8) is 0 Å². The Morgan fingerprint density at radius 2 is 1.19 bits per heavy atom. The lowest BCUT2D eigenvalue weighted by Gasteiger charge is -2.39. The lowest BCUT2D eigenvalue weighted by molar-refractivity contribution is -0.142. The number of aliphatic hydroxyl groups is 1. The molecule has 2 N–H and O–H groups in total. The average molecular weight is 943 g/mol. The van der Waals surface area contributed by atoms with Crippen LogP contribution in [0.15, 0.2) is 74.4 Å². The van der Waals surface area contributed by atoms with Crippen LogP contribution in [0.25, 0.3) is 11.4 Å². The van der Waals surface area contributed by atoms with Crippen molar-refractivity contribution in [3.05, 3.63) is 91.4 Å². The summed E-state index contributed by atoms with van der Waals surface area (Å²) in [6.45, 7) is 12.0. The zero-order valence-electron chi connectivity index (χ0n) is 31.4. The Labute approximate surface area is 339 Å². The second-order valence-electron chi connectivity index (χ2n) is 14.7. The lowest BCUT2D eigenvalue weighted by atomic mass is 10.2. The highest BCUT2D eigenvalue weighted by Gasteiger charge is 2.39. The fourth-order valence-corrected chi connectivity index (χ4v) is 5.30. The van der Waals surface area contributed by atoms with Crippen LogP contribution in [0.1, 0.15) is 52.9 Å². The number of aromatic amines is 1. The monoisotopic (exact) mass is 940 g/mol. The first-order valence-corrected chi connectivity index (χ1v) is 18.7. The molecule has 13 nitrogen and oxygen atoms in total. The molecule has 2 amide bonds. The number of carbonyl (C=O) groups excluding carboxylic acids is 2. The minimum absolute atomic E-state index is 0.0384. The topological polar surface area (TPSA) is 144 Å². The summed E-state index contributed by atoms with van der Waals surface area (Å²) in [4.78, 5) is 37.5. The normalized spacial score (nSPS) is 15.0. The fraction of sp³-hybridized carbons (Fsp3) is 0.444. The van der Waals surface area contributed by atoms with Gasteiger partial charge in [0, 0.05) is 21.1 Å². The van der Waals surface area contributed by atoms with Gasteiger partial charge in [-0.2, -0.15) is 31.4 Å². The molecule has 2 aliphatic heterocycles. The van der Waals surface area contributed by atoms with E-state index in [4.69, 9.17) is 19.3 Å². The minimum atomic E-state index is -4.60. The fourth-order valence-electron chi connectivity index (χ4n) is 4.77. The van der Waals surface area contributed by atoms with Crippen molar-refractivity contribution < 1.29 is 55.2 Å². The molecule has 0 bridgehead atoms. The van der Waals surface area contributed by atoms with Gasteiger partial charge in [0.2, 0.25) is 5.88 Å². The van der Waals surface area contributed by atoms with Gasteiger partial charge in [0.05, 0.1) is 43.7 Å². The number of nitrogens with zero attached hydrogens (tertiary/aromatic N) is 5. The Balaban J connectivity index is 0.000000210. The van der Waals surface area contributed by atoms with E-state index in [1.807, 2.05) is 25.9 Å². The van der Waals surface area contributed by atoms with Gasteiger partial charge in [-0.05, 0) is 90.1 Å². The number of ether oxygens (including phenoxy) is 3. The largest absolute Gasteiger partial charge is 0.470 e. The van der Waals surface area contributed by atoms with Crippen LogP contribution < -0.4 is 10.3 Å². The molecule has 57 heavy (non-hydrogen) atoms. The summed E-state index contributed by atoms with van der Waals surface area (Å²) in [5, 5.41) is 14.6. The maximum atomic E-state index is 13.1. The number of hydrogen-bond donors (Lipinski definition) is 2. The van der Waals surface area contributed by atoms with Crippen molar-refractivity contribution in [2.24, 2.45) is 0 Å². The highest BCUT2D eigenvalue weighted by atomic mass is 79.9. The third kappa shape index (κ3) is 13.3. The molecule has 0 aliphatic carbocycles. The maximum Gasteiger partial charge on any atom is 0.435 e. The zero-order chi connectivity index (χ0) is 42.7. The zero-order valence-corrected chi connectivity index (χ0v) is 34.6. The van der Waals surface area contributed by atoms with Gasteiger partial charge in [0.15, 0.2) is 5.69 Å². The molecule has 4 aromatic rings. The average Bonchev–Trinajstić information content (AvgIpc) is 3.65. The number of β-amino-alcohol motifs (C(OH)–C–C–N with tert-alkyl or cyclic N) is 1. The van der Waals surface area contributed by atoms with Crippen LogP contribution in [0, 0.1) is 0 Å². The lowest BCUT2D eigenvalue weighted by Crippen LogP contribution is -2.57. The van der Waals surface area contributed by atoms with Gasteiger partial charge in [-0.1, -0.05) is 31.9 Å². The van der Waals surface area contributed by atoms with E-state index in [9.17, 15) is 40.7 Å². The molecule has 0 saturated carbocycles. The van der Waals surface area contributed by atoms with Crippen LogP contribution in [0.2, 0.25) is 0 Å². The Morgan fingerprint density at radius 1 is 0.737 bits per heavy atom. The van der Waals surface area contributed by atoms with E-state index in [0.29, 0.717) is 30.5 Å². The second kappa shape index (κ2) is 17.6. The quantitative estimate of drug-likeness (QED) is 0.195. The number of halogens is 8. The van der Waals surface area contributed by atoms with Crippen molar-refractivity contribution in [1.29, 1.82) is 0 Å². The molecular formula is C36H40Br2F6N6O7. The molecule has 2 fully saturated rings. The van der Waals surface area contributed by atoms with E-state index in [1.165, 1.54) is 21.9 Å². The third-order valence-electron chi connectivity index (χ3n) is 7.45. The molecule has 21 heteroatoms. The van der Waals surface area contributed by atoms with Gasteiger partial charge in [-0.15, -0.1) is 0 Å². The number of aliphatic hydroxyl groups excluding tert-OH is 1. The van der Waals surface area contributed by atoms with Crippen LogP contribution in [-0.2, 0) is 21.8 Å². The van der Waals surface area contributed by atoms with E-state index in [1.54, 1.807) is 57.2 Å². The first-order chi connectivity index (χ1) is 26.2. The number of rotatable bonds is 4. The molecule has 4 heterocycles. The summed E-state index contributed by atoms with van der Waals surface area (Å²) < 4.78 is 96.0. The highest BCUT2D eigenvalue weighted by Crippen LogP contribution is 2.33. The van der Waals surface area contributed by atoms with Crippen molar-refractivity contribution in [2.45, 2.75) is 77.3 Å². The predicted molar refractivity (Wildman–Crippen MR) is 201 cm³/mol. The molecular weight excluding hydrogens is 902 g/mol. The molecule has 312 valence electrons. The molecule has 2 saturated heterocycles. The first kappa shape index (κ1) is 45.2. The second-order valence-corrected chi connectivity index (χ2v) is 16.6. The Hall–Kier alpha value is -4.50. The van der Waals surface area contributed by atoms with Crippen molar-refractivity contribution >= 4 is 44.0 Å². The van der Waals surface area contributed by atoms with Crippen LogP contribution in [0.5, 0.6) is 5.88 Å². The molecule has 0 unspecified atom stereocenters. The molecule has 0 spiro atoms. The van der Waals surface area contributed by atoms with Gasteiger partial charge in [-0.25, -0.2) is 19.0 Å². The van der Waals surface area contributed by atoms with Crippen LogP contribution in [0.4, 0.5) is 35.9 Å². The van der Waals surface area contributed by atoms with Crippen molar-refractivity contribution in [2.75, 3.05) is 26.2 Å². The number of benzene rings is 2. The van der Waals surface area contributed by atoms with Gasteiger partial charge in [0.25, 0.3) is 5.56 Å². The van der Waals surface area contributed by atoms with E-state index >= 15 is 0 Å². The highest BCUT2D eigenvalue weighted by molar-refractivity contribution is 9.10. The maximum absolute atomic E-state index is 13.1. The summed E-state index contributed by atoms with van der Waals surface area (Å²) >= 11 is 6.48. The molecule has 2 aromatic heterocycles. The van der Waals surface area contributed by atoms with Crippen LogP contribution in [0.3, 0.4) is 0 Å². The van der Waals surface area contributed by atoms with Crippen molar-refractivity contribution in [1.82, 2.24) is 29.4 Å². The summed E-state index contributed by atoms with van der Waals surface area (Å²) in [6, 6.07) is 14.4. The Kier molecular flexibility index (Phi) is 13.9. The number of amides is 2. The summed E-state index contributed by atoms with van der Waals surface area (Å²) in [6.07, 6.45) is -10.8. The molecule has 0 atom stereocenters. The van der Waals surface area contributed by atoms with E-state index < -0.39 is 52.7 Å². The molecule has 6 rings (SSSR count). The number of hydrogen-bond acceptors (Lipinski definition) is 8. The first-order valence-electron chi connectivity index (χ1n) is 17.1. The van der Waals surface area contributed by atoms with Crippen molar-refractivity contribution in [3.8, 4) is 17.3 Å². The SMILES string of the molecule is CC(C)(C)OC(=O)N1CC(O)C1.CC(C)(C)OC(=O)N1CC(Oc2cc(C(F)(F)F)nn2-c2ccc(Br)cc2)C1.O=c1cc(C(F)(F)F)[nH]n1-c1ccc(Br)cc1. The Bertz CT molecular complexity index is 2040. The standard InChI is InChI=1S/C18H19BrF3N3O3.C10H6BrF3N2O.C8H15NO3/c1-17(2,3)28-16(26)24-9-13(10-24)27-15-8-14(18(20,21)22)23-25(15)12-6-4-11(19)5-7-12;11-6-1-3-7(4-2-6)16-9(17)5-8(15-16)10(12,13)14;1-8(2,3)12-7(11)9-4-6(10)5-9/h4-8,13H,9-10H2,1-3H3;1-5,15H;6,10H,4-5H2,1-3H3. The Morgan fingerprint density at radius 3 is 1.60 bits per heavy atom. The van der Waals surface area contributed by atoms with Gasteiger partial charge < -0.3 is 29.1 Å². The van der Waals surface area contributed by atoms with E-state index in [0.717, 1.165) is 24.4 Å². The molecule has 2 aliphatic rings. The number of nitrogens with one attached hydrogen (secondary N) is 1. The van der Waals surface area contributed by atoms with E-state index in [-0.39, 0.29) is 31.2 Å². The molecule has 0 radical (unpaired) electrons. The van der Waals surface area contributed by atoms with Gasteiger partial charge in [0.1, 0.15) is 23.0 Å². The van der Waals surface area contributed by atoms with E-state index in [2.05, 4.69) is 37.0 Å². The summed E-state index contributed by atoms with van der Waals surface area (Å²) in [5.41, 5.74) is -3.16. The number of likely N-dealkylation sites (tertiary alicyclic amines) is 2. The number of aromatic nitrogens is 4. The smallest absolute Gasteiger partial charge is 0.435 e. The number of H-pyrrole nitrogens is 1. The minimum Gasteiger partial charge on any atom is -0.470 e. The third-order valence-corrected chi connectivity index (χ3v) is 8.51. The number of alkyl halides is 6. The molecule has 2 aromatic carbocycles. The summed E-state index contributed by atoms with van der Waals surface area (Å²) in [7, 11) is 0. The van der Waals surface area contributed by atoms with Gasteiger partial charge in [-0.3, -0.25) is 9.89 Å².